The highest BCUT2D eigenvalue weighted by Crippen LogP contribution is 2.25. The lowest BCUT2D eigenvalue weighted by atomic mass is 9.82. The molecule has 0 radical (unpaired) electrons. The largest absolute Gasteiger partial charge is 0.378 e. The average Bonchev–Trinajstić information content (AvgIpc) is 2.86. The summed E-state index contributed by atoms with van der Waals surface area (Å²) in [5.41, 5.74) is 4.72. The van der Waals surface area contributed by atoms with E-state index in [-0.39, 0.29) is 5.54 Å². The van der Waals surface area contributed by atoms with Crippen molar-refractivity contribution in [3.63, 3.8) is 0 Å². The third-order valence-electron chi connectivity index (χ3n) is 6.47. The van der Waals surface area contributed by atoms with Gasteiger partial charge < -0.3 is 19.7 Å². The van der Waals surface area contributed by atoms with Gasteiger partial charge in [-0.2, -0.15) is 0 Å². The van der Waals surface area contributed by atoms with E-state index in [1.54, 1.807) is 0 Å². The number of hydrogen-bond donors (Lipinski definition) is 1. The Morgan fingerprint density at radius 3 is 1.97 bits per heavy atom. The number of anilines is 1. The molecule has 172 valence electrons. The molecule has 1 unspecified atom stereocenters. The van der Waals surface area contributed by atoms with E-state index in [2.05, 4.69) is 83.0 Å². The molecular formula is C29H34N2O2. The van der Waals surface area contributed by atoms with Crippen molar-refractivity contribution < 1.29 is 9.53 Å². The summed E-state index contributed by atoms with van der Waals surface area (Å²) in [6.45, 7) is 4.27. The Bertz CT molecular complexity index is 970. The standard InChI is InChI=1S/C29H34N2O2/c32-20-16-29(23-26-9-5-2-6-10-26,30-17-15-25-7-3-1-4-8-25)24-27-11-13-28(14-12-27)31-18-21-33-22-19-31/h1-14,20,30H,15-19,21-24H2. The SMILES string of the molecule is O=CCC(Cc1ccccc1)(Cc1ccc(N2CCOCC2)cc1)NCCc1ccccc1. The van der Waals surface area contributed by atoms with Crippen molar-refractivity contribution in [3.05, 3.63) is 102 Å². The third-order valence-corrected chi connectivity index (χ3v) is 6.47. The van der Waals surface area contributed by atoms with Gasteiger partial charge in [-0.1, -0.05) is 72.8 Å². The highest BCUT2D eigenvalue weighted by Gasteiger charge is 2.30. The van der Waals surface area contributed by atoms with Crippen LogP contribution >= 0.6 is 0 Å². The van der Waals surface area contributed by atoms with E-state index in [9.17, 15) is 4.79 Å². The predicted molar refractivity (Wildman–Crippen MR) is 135 cm³/mol. The molecule has 4 heteroatoms. The molecule has 1 fully saturated rings. The van der Waals surface area contributed by atoms with Gasteiger partial charge in [0, 0.05) is 30.7 Å². The molecular weight excluding hydrogens is 408 g/mol. The fourth-order valence-electron chi connectivity index (χ4n) is 4.70. The number of carbonyl (C=O) groups is 1. The van der Waals surface area contributed by atoms with E-state index in [1.807, 2.05) is 12.1 Å². The van der Waals surface area contributed by atoms with E-state index >= 15 is 0 Å². The van der Waals surface area contributed by atoms with E-state index in [1.165, 1.54) is 22.4 Å². The molecule has 0 aliphatic carbocycles. The molecule has 0 aromatic heterocycles. The van der Waals surface area contributed by atoms with Crippen molar-refractivity contribution in [2.24, 2.45) is 0 Å². The van der Waals surface area contributed by atoms with Crippen LogP contribution in [0.15, 0.2) is 84.9 Å². The summed E-state index contributed by atoms with van der Waals surface area (Å²) >= 11 is 0. The molecule has 3 aromatic carbocycles. The molecule has 0 bridgehead atoms. The van der Waals surface area contributed by atoms with Gasteiger partial charge in [-0.3, -0.25) is 0 Å². The minimum atomic E-state index is -0.321. The van der Waals surface area contributed by atoms with Gasteiger partial charge in [0.2, 0.25) is 0 Å². The normalized spacial score (nSPS) is 15.7. The lowest BCUT2D eigenvalue weighted by molar-refractivity contribution is -0.109. The minimum Gasteiger partial charge on any atom is -0.378 e. The predicted octanol–water partition coefficient (Wildman–Crippen LogP) is 4.47. The van der Waals surface area contributed by atoms with Crippen molar-refractivity contribution in [3.8, 4) is 0 Å². The minimum absolute atomic E-state index is 0.321. The number of nitrogens with zero attached hydrogens (tertiary/aromatic N) is 1. The molecule has 0 amide bonds. The van der Waals surface area contributed by atoms with Crippen LogP contribution in [0.3, 0.4) is 0 Å². The van der Waals surface area contributed by atoms with E-state index in [4.69, 9.17) is 4.74 Å². The summed E-state index contributed by atoms with van der Waals surface area (Å²) in [6, 6.07) is 29.9. The zero-order valence-electron chi connectivity index (χ0n) is 19.3. The van der Waals surface area contributed by atoms with Gasteiger partial charge in [-0.05, 0) is 54.6 Å². The van der Waals surface area contributed by atoms with E-state index in [0.29, 0.717) is 6.42 Å². The molecule has 0 spiro atoms. The highest BCUT2D eigenvalue weighted by atomic mass is 16.5. The summed E-state index contributed by atoms with van der Waals surface area (Å²) in [4.78, 5) is 14.2. The van der Waals surface area contributed by atoms with Crippen molar-refractivity contribution in [1.29, 1.82) is 0 Å². The molecule has 1 heterocycles. The van der Waals surface area contributed by atoms with Crippen LogP contribution in [0, 0.1) is 0 Å². The van der Waals surface area contributed by atoms with Gasteiger partial charge in [0.05, 0.1) is 13.2 Å². The van der Waals surface area contributed by atoms with Crippen LogP contribution in [0.5, 0.6) is 0 Å². The molecule has 1 aliphatic heterocycles. The second-order valence-corrected chi connectivity index (χ2v) is 8.92. The van der Waals surface area contributed by atoms with Gasteiger partial charge in [-0.15, -0.1) is 0 Å². The Morgan fingerprint density at radius 1 is 0.788 bits per heavy atom. The Morgan fingerprint density at radius 2 is 1.36 bits per heavy atom. The summed E-state index contributed by atoms with van der Waals surface area (Å²) in [7, 11) is 0. The fraction of sp³-hybridized carbons (Fsp3) is 0.345. The first-order chi connectivity index (χ1) is 16.3. The lowest BCUT2D eigenvalue weighted by Gasteiger charge is -2.35. The number of morpholine rings is 1. The number of ether oxygens (including phenoxy) is 1. The van der Waals surface area contributed by atoms with Gasteiger partial charge in [0.25, 0.3) is 0 Å². The second-order valence-electron chi connectivity index (χ2n) is 8.92. The maximum atomic E-state index is 11.8. The van der Waals surface area contributed by atoms with Crippen LogP contribution in [0.1, 0.15) is 23.1 Å². The number of rotatable bonds is 11. The number of aldehydes is 1. The second kappa shape index (κ2) is 11.8. The third kappa shape index (κ3) is 6.77. The summed E-state index contributed by atoms with van der Waals surface area (Å²) in [6.07, 6.45) is 4.10. The maximum Gasteiger partial charge on any atom is 0.121 e. The van der Waals surface area contributed by atoms with Crippen molar-refractivity contribution in [1.82, 2.24) is 5.32 Å². The lowest BCUT2D eigenvalue weighted by Crippen LogP contribution is -2.50. The average molecular weight is 443 g/mol. The highest BCUT2D eigenvalue weighted by molar-refractivity contribution is 5.53. The monoisotopic (exact) mass is 442 g/mol. The van der Waals surface area contributed by atoms with Crippen molar-refractivity contribution in [2.75, 3.05) is 37.7 Å². The van der Waals surface area contributed by atoms with Gasteiger partial charge >= 0.3 is 0 Å². The smallest absolute Gasteiger partial charge is 0.121 e. The van der Waals surface area contributed by atoms with Gasteiger partial charge in [0.1, 0.15) is 6.29 Å². The van der Waals surface area contributed by atoms with Crippen LogP contribution in [0.2, 0.25) is 0 Å². The molecule has 1 atom stereocenters. The molecule has 1 N–H and O–H groups in total. The molecule has 1 saturated heterocycles. The Labute approximate surface area is 197 Å². The summed E-state index contributed by atoms with van der Waals surface area (Å²) in [5, 5.41) is 3.80. The van der Waals surface area contributed by atoms with Crippen LogP contribution in [0.4, 0.5) is 5.69 Å². The van der Waals surface area contributed by atoms with Crippen LogP contribution in [-0.4, -0.2) is 44.7 Å². The first kappa shape index (κ1) is 23.2. The zero-order valence-corrected chi connectivity index (χ0v) is 19.3. The molecule has 1 aliphatic rings. The summed E-state index contributed by atoms with van der Waals surface area (Å²) in [5.74, 6) is 0. The molecule has 0 saturated carbocycles. The quantitative estimate of drug-likeness (QED) is 0.445. The van der Waals surface area contributed by atoms with E-state index in [0.717, 1.165) is 58.4 Å². The molecule has 3 aromatic rings. The Hall–Kier alpha value is -2.95. The first-order valence-electron chi connectivity index (χ1n) is 11.9. The molecule has 4 nitrogen and oxygen atoms in total. The Kier molecular flexibility index (Phi) is 8.29. The van der Waals surface area contributed by atoms with Crippen LogP contribution in [-0.2, 0) is 28.8 Å². The first-order valence-corrected chi connectivity index (χ1v) is 11.9. The van der Waals surface area contributed by atoms with Crippen LogP contribution < -0.4 is 10.2 Å². The topological polar surface area (TPSA) is 41.6 Å². The zero-order chi connectivity index (χ0) is 22.8. The van der Waals surface area contributed by atoms with Crippen molar-refractivity contribution in [2.45, 2.75) is 31.2 Å². The van der Waals surface area contributed by atoms with E-state index < -0.39 is 0 Å². The van der Waals surface area contributed by atoms with Crippen molar-refractivity contribution >= 4 is 12.0 Å². The summed E-state index contributed by atoms with van der Waals surface area (Å²) < 4.78 is 5.48. The molecule has 4 rings (SSSR count). The van der Waals surface area contributed by atoms with Gasteiger partial charge in [-0.25, -0.2) is 0 Å². The maximum absolute atomic E-state index is 11.8. The number of carbonyl (C=O) groups excluding carboxylic acids is 1. The van der Waals surface area contributed by atoms with Gasteiger partial charge in [0.15, 0.2) is 0 Å². The molecule has 33 heavy (non-hydrogen) atoms. The number of nitrogens with one attached hydrogen (secondary N) is 1. The number of hydrogen-bond acceptors (Lipinski definition) is 4. The fourth-order valence-corrected chi connectivity index (χ4v) is 4.70. The number of benzene rings is 3. The van der Waals surface area contributed by atoms with Crippen LogP contribution in [0.25, 0.3) is 0 Å². The Balaban J connectivity index is 1.51.